The molecule has 0 radical (unpaired) electrons. The lowest BCUT2D eigenvalue weighted by Gasteiger charge is -2.36. The van der Waals surface area contributed by atoms with E-state index in [1.54, 1.807) is 0 Å². The first-order chi connectivity index (χ1) is 39.2. The molecule has 7 heterocycles. The highest BCUT2D eigenvalue weighted by Crippen LogP contribution is 2.27. The molecule has 494 valence electrons. The molecular formula is C71H148N10O2. The molecule has 0 bridgehead atoms. The van der Waals surface area contributed by atoms with Gasteiger partial charge in [0, 0.05) is 88.9 Å². The third kappa shape index (κ3) is 33.7. The Morgan fingerprint density at radius 2 is 0.795 bits per heavy atom. The van der Waals surface area contributed by atoms with Gasteiger partial charge in [-0.2, -0.15) is 0 Å². The van der Waals surface area contributed by atoms with Gasteiger partial charge in [0.15, 0.2) is 0 Å². The van der Waals surface area contributed by atoms with Gasteiger partial charge in [0.1, 0.15) is 0 Å². The number of rotatable bonds is 16. The third-order valence-corrected chi connectivity index (χ3v) is 20.3. The first-order valence-electron chi connectivity index (χ1n) is 35.4. The first kappa shape index (κ1) is 79.6. The van der Waals surface area contributed by atoms with Crippen molar-refractivity contribution in [1.29, 1.82) is 0 Å². The van der Waals surface area contributed by atoms with E-state index in [4.69, 9.17) is 0 Å². The molecule has 83 heavy (non-hydrogen) atoms. The molecule has 0 aromatic heterocycles. The van der Waals surface area contributed by atoms with Crippen molar-refractivity contribution in [2.45, 2.75) is 239 Å². The summed E-state index contributed by atoms with van der Waals surface area (Å²) in [6.45, 7) is 63.3. The summed E-state index contributed by atoms with van der Waals surface area (Å²) in [4.78, 5) is 46.7. The minimum atomic E-state index is 0.140. The van der Waals surface area contributed by atoms with Gasteiger partial charge in [0.2, 0.25) is 11.8 Å². The van der Waals surface area contributed by atoms with Crippen LogP contribution in [0.3, 0.4) is 0 Å². The lowest BCUT2D eigenvalue weighted by Crippen LogP contribution is -2.50. The highest BCUT2D eigenvalue weighted by atomic mass is 16.2. The average molecular weight is 1170 g/mol. The van der Waals surface area contributed by atoms with Crippen molar-refractivity contribution in [3.05, 3.63) is 0 Å². The zero-order valence-electron chi connectivity index (χ0n) is 60.1. The normalized spacial score (nSPS) is 22.7. The molecule has 2 amide bonds. The van der Waals surface area contributed by atoms with Gasteiger partial charge in [-0.05, 0) is 259 Å². The quantitative estimate of drug-likeness (QED) is 0.149. The number of hydrogen-bond acceptors (Lipinski definition) is 10. The molecule has 2 unspecified atom stereocenters. The molecular weight excluding hydrogens is 1020 g/mol. The Morgan fingerprint density at radius 1 is 0.410 bits per heavy atom. The van der Waals surface area contributed by atoms with Crippen LogP contribution in [0.4, 0.5) is 0 Å². The summed E-state index contributed by atoms with van der Waals surface area (Å²) in [6.07, 6.45) is 18.5. The second-order valence-electron chi connectivity index (χ2n) is 29.3. The van der Waals surface area contributed by atoms with Crippen molar-refractivity contribution in [3.8, 4) is 0 Å². The van der Waals surface area contributed by atoms with Gasteiger partial charge < -0.3 is 39.2 Å². The van der Waals surface area contributed by atoms with Crippen molar-refractivity contribution in [2.24, 2.45) is 53.3 Å². The smallest absolute Gasteiger partial charge is 0.225 e. The lowest BCUT2D eigenvalue weighted by atomic mass is 9.87. The van der Waals surface area contributed by atoms with E-state index >= 15 is 0 Å². The molecule has 0 aromatic carbocycles. The van der Waals surface area contributed by atoms with Crippen molar-refractivity contribution >= 4 is 11.8 Å². The molecule has 7 fully saturated rings. The molecule has 7 saturated heterocycles. The zero-order chi connectivity index (χ0) is 62.8. The van der Waals surface area contributed by atoms with Gasteiger partial charge >= 0.3 is 0 Å². The molecule has 0 spiro atoms. The summed E-state index contributed by atoms with van der Waals surface area (Å²) in [5, 5.41) is 0. The molecule has 7 rings (SSSR count). The number of piperazine rings is 1. The van der Waals surface area contributed by atoms with Gasteiger partial charge in [0.25, 0.3) is 0 Å². The van der Waals surface area contributed by atoms with Crippen LogP contribution >= 0.6 is 0 Å². The molecule has 0 N–H and O–H groups in total. The van der Waals surface area contributed by atoms with E-state index in [2.05, 4.69) is 178 Å². The Morgan fingerprint density at radius 3 is 1.11 bits per heavy atom. The van der Waals surface area contributed by atoms with Crippen LogP contribution in [0.1, 0.15) is 215 Å². The minimum absolute atomic E-state index is 0.140. The van der Waals surface area contributed by atoms with Crippen molar-refractivity contribution in [1.82, 2.24) is 49.0 Å². The Kier molecular flexibility index (Phi) is 43.1. The maximum atomic E-state index is 11.6. The molecule has 12 heteroatoms. The second-order valence-corrected chi connectivity index (χ2v) is 29.3. The number of hydrogen-bond donors (Lipinski definition) is 0. The number of piperidine rings is 4. The number of amides is 2. The van der Waals surface area contributed by atoms with Gasteiger partial charge in [0.05, 0.1) is 0 Å². The van der Waals surface area contributed by atoms with E-state index in [1.807, 2.05) is 30.6 Å². The molecule has 0 aromatic rings. The topological polar surface area (TPSA) is 66.5 Å². The predicted octanol–water partition coefficient (Wildman–Crippen LogP) is 13.1. The van der Waals surface area contributed by atoms with Crippen LogP contribution in [-0.4, -0.2) is 245 Å². The Hall–Kier alpha value is -1.38. The molecule has 2 atom stereocenters. The van der Waals surface area contributed by atoms with E-state index < -0.39 is 0 Å². The molecule has 7 aliphatic heterocycles. The van der Waals surface area contributed by atoms with Crippen LogP contribution < -0.4 is 0 Å². The molecule has 0 aliphatic carbocycles. The Balaban J connectivity index is 0.000000485. The third-order valence-electron chi connectivity index (χ3n) is 20.3. The van der Waals surface area contributed by atoms with Crippen molar-refractivity contribution < 1.29 is 9.59 Å². The number of carbonyl (C=O) groups is 2. The summed E-state index contributed by atoms with van der Waals surface area (Å²) in [5.41, 5.74) is 0. The van der Waals surface area contributed by atoms with Gasteiger partial charge in [-0.25, -0.2) is 0 Å². The van der Waals surface area contributed by atoms with Crippen LogP contribution in [0, 0.1) is 53.3 Å². The fourth-order valence-electron chi connectivity index (χ4n) is 13.1. The molecule has 12 nitrogen and oxygen atoms in total. The number of likely N-dealkylation sites (N-methyl/N-ethyl adjacent to an activating group) is 2. The van der Waals surface area contributed by atoms with Crippen LogP contribution in [0.2, 0.25) is 0 Å². The van der Waals surface area contributed by atoms with Crippen LogP contribution in [0.25, 0.3) is 0 Å². The second kappa shape index (κ2) is 45.0. The number of carbonyl (C=O) groups excluding carboxylic acids is 2. The SMILES string of the molecule is CC(C)C(=O)N1CCC(N(C)C)C1.CC(C)C1CCN(C)CC1.CC(C)N1CCC(N(C)C)C1.CCC(=O)N1CCN(C(C)C)CC1.CCCCN1CCC(C(C)C)CC1.CCCN1CCC(C(C)C)CC1.CCN1CCC(C(C)C)CC1. The summed E-state index contributed by atoms with van der Waals surface area (Å²) in [5.74, 6) is 8.31. The highest BCUT2D eigenvalue weighted by molar-refractivity contribution is 5.78. The van der Waals surface area contributed by atoms with E-state index in [1.165, 1.54) is 162 Å². The summed E-state index contributed by atoms with van der Waals surface area (Å²) in [7, 11) is 10.7. The Labute approximate surface area is 519 Å². The largest absolute Gasteiger partial charge is 0.341 e. The fourth-order valence-corrected chi connectivity index (χ4v) is 13.1. The summed E-state index contributed by atoms with van der Waals surface area (Å²) < 4.78 is 0. The summed E-state index contributed by atoms with van der Waals surface area (Å²) in [6, 6.07) is 2.68. The Bertz CT molecular complexity index is 1540. The van der Waals surface area contributed by atoms with Gasteiger partial charge in [-0.3, -0.25) is 19.4 Å². The van der Waals surface area contributed by atoms with Crippen LogP contribution in [-0.2, 0) is 9.59 Å². The standard InChI is InChI=1S/C12H25N.C11H23N.2C10H20N2O.C10H21N.C9H20N2.C9H19N/c1-4-5-8-13-9-6-12(7-10-13)11(2)3;1-4-7-12-8-5-11(6-9-12)10(2)3;1-8(2)10(13)12-6-5-9(7-12)11(3)4;1-4-10(13)12-7-5-11(6-8-12)9(2)3;1-4-11-7-5-10(6-8-11)9(2)3;1-8(2)11-6-5-9(7-11)10(3)4;1-8(2)9-4-6-10(3)7-5-9/h11-12H,4-10H2,1-3H3;10-11H,4-9H2,1-3H3;8-9H,5-7H2,1-4H3;9H,4-8H2,1-3H3;9-10H,4-8H2,1-3H3;8-9H,5-7H2,1-4H3;8-9H,4-7H2,1-3H3. The van der Waals surface area contributed by atoms with Crippen LogP contribution in [0.5, 0.6) is 0 Å². The predicted molar refractivity (Wildman–Crippen MR) is 364 cm³/mol. The summed E-state index contributed by atoms with van der Waals surface area (Å²) >= 11 is 0. The van der Waals surface area contributed by atoms with Gasteiger partial charge in [-0.15, -0.1) is 0 Å². The fraction of sp³-hybridized carbons (Fsp3) is 0.972. The van der Waals surface area contributed by atoms with E-state index in [-0.39, 0.29) is 5.92 Å². The van der Waals surface area contributed by atoms with Crippen molar-refractivity contribution in [3.63, 3.8) is 0 Å². The number of unbranched alkanes of at least 4 members (excludes halogenated alkanes) is 1. The zero-order valence-corrected chi connectivity index (χ0v) is 60.1. The van der Waals surface area contributed by atoms with E-state index in [0.29, 0.717) is 30.3 Å². The number of likely N-dealkylation sites (tertiary alicyclic amines) is 6. The molecule has 7 aliphatic rings. The maximum absolute atomic E-state index is 11.6. The van der Waals surface area contributed by atoms with E-state index in [9.17, 15) is 9.59 Å². The first-order valence-corrected chi connectivity index (χ1v) is 35.4. The molecule has 0 saturated carbocycles. The minimum Gasteiger partial charge on any atom is -0.341 e. The number of nitrogens with zero attached hydrogens (tertiary/aromatic N) is 10. The van der Waals surface area contributed by atoms with Crippen molar-refractivity contribution in [2.75, 3.05) is 160 Å². The average Bonchev–Trinajstić information content (AvgIpc) is 4.19. The monoisotopic (exact) mass is 1170 g/mol. The van der Waals surface area contributed by atoms with Gasteiger partial charge in [-0.1, -0.05) is 103 Å². The maximum Gasteiger partial charge on any atom is 0.225 e. The lowest BCUT2D eigenvalue weighted by molar-refractivity contribution is -0.134. The van der Waals surface area contributed by atoms with Crippen LogP contribution in [0.15, 0.2) is 0 Å². The van der Waals surface area contributed by atoms with E-state index in [0.717, 1.165) is 105 Å². The highest BCUT2D eigenvalue weighted by Gasteiger charge is 2.29.